The molecule has 0 aromatic rings. The van der Waals surface area contributed by atoms with Crippen LogP contribution < -0.4 is 5.32 Å². The number of piperidine rings is 1. The molecule has 2 aliphatic rings. The van der Waals surface area contributed by atoms with Crippen LogP contribution in [0.1, 0.15) is 20.3 Å². The van der Waals surface area contributed by atoms with Crippen LogP contribution in [-0.4, -0.2) is 86.7 Å². The van der Waals surface area contributed by atoms with Crippen LogP contribution in [-0.2, 0) is 0 Å². The number of nitrogens with one attached hydrogen (secondary N) is 1. The molecule has 0 bridgehead atoms. The lowest BCUT2D eigenvalue weighted by Crippen LogP contribution is -2.59. The van der Waals surface area contributed by atoms with Crippen molar-refractivity contribution < 1.29 is 0 Å². The smallest absolute Gasteiger partial charge is 0.0347 e. The minimum Gasteiger partial charge on any atom is -0.317 e. The number of likely N-dealkylation sites (N-methyl/N-ethyl adjacent to an activating group) is 2. The molecule has 4 atom stereocenters. The lowest BCUT2D eigenvalue weighted by Gasteiger charge is -2.46. The highest BCUT2D eigenvalue weighted by atomic mass is 15.3. The largest absolute Gasteiger partial charge is 0.317 e. The Morgan fingerprint density at radius 1 is 1.11 bits per heavy atom. The second kappa shape index (κ2) is 6.53. The van der Waals surface area contributed by atoms with Gasteiger partial charge in [0.15, 0.2) is 0 Å². The molecule has 1 N–H and O–H groups in total. The molecule has 4 unspecified atom stereocenters. The van der Waals surface area contributed by atoms with Crippen LogP contribution in [0.3, 0.4) is 0 Å². The van der Waals surface area contributed by atoms with E-state index in [2.05, 4.69) is 55.0 Å². The lowest BCUT2D eigenvalue weighted by atomic mass is 9.86. The molecule has 0 aromatic carbocycles. The number of piperazine rings is 1. The van der Waals surface area contributed by atoms with Crippen molar-refractivity contribution in [1.82, 2.24) is 20.0 Å². The maximum absolute atomic E-state index is 3.48. The number of rotatable bonds is 3. The van der Waals surface area contributed by atoms with Gasteiger partial charge in [0, 0.05) is 44.3 Å². The Morgan fingerprint density at radius 2 is 1.84 bits per heavy atom. The summed E-state index contributed by atoms with van der Waals surface area (Å²) >= 11 is 0. The van der Waals surface area contributed by atoms with Gasteiger partial charge in [-0.15, -0.1) is 0 Å². The van der Waals surface area contributed by atoms with Gasteiger partial charge in [0.1, 0.15) is 0 Å². The van der Waals surface area contributed by atoms with Crippen LogP contribution in [0, 0.1) is 5.92 Å². The topological polar surface area (TPSA) is 21.8 Å². The van der Waals surface area contributed by atoms with E-state index in [9.17, 15) is 0 Å². The third-order valence-electron chi connectivity index (χ3n) is 5.50. The zero-order valence-corrected chi connectivity index (χ0v) is 13.4. The zero-order valence-electron chi connectivity index (χ0n) is 13.4. The molecule has 2 aliphatic heterocycles. The first-order valence-corrected chi connectivity index (χ1v) is 7.83. The maximum Gasteiger partial charge on any atom is 0.0347 e. The van der Waals surface area contributed by atoms with Crippen molar-refractivity contribution in [2.45, 2.75) is 38.4 Å². The van der Waals surface area contributed by atoms with Crippen molar-refractivity contribution in [2.75, 3.05) is 53.9 Å². The highest BCUT2D eigenvalue weighted by molar-refractivity contribution is 4.91. The van der Waals surface area contributed by atoms with E-state index in [0.29, 0.717) is 18.1 Å². The minimum absolute atomic E-state index is 0.687. The van der Waals surface area contributed by atoms with Gasteiger partial charge in [0.05, 0.1) is 0 Å². The average Bonchev–Trinajstić information content (AvgIpc) is 2.39. The molecule has 0 aliphatic carbocycles. The van der Waals surface area contributed by atoms with Crippen molar-refractivity contribution in [3.63, 3.8) is 0 Å². The third kappa shape index (κ3) is 3.48. The van der Waals surface area contributed by atoms with Crippen molar-refractivity contribution in [3.05, 3.63) is 0 Å². The fourth-order valence-electron chi connectivity index (χ4n) is 3.67. The van der Waals surface area contributed by atoms with Gasteiger partial charge >= 0.3 is 0 Å². The highest BCUT2D eigenvalue weighted by Crippen LogP contribution is 2.24. The normalized spacial score (nSPS) is 39.6. The summed E-state index contributed by atoms with van der Waals surface area (Å²) in [7, 11) is 6.64. The third-order valence-corrected chi connectivity index (χ3v) is 5.50. The molecule has 4 heteroatoms. The first kappa shape index (κ1) is 15.2. The van der Waals surface area contributed by atoms with Gasteiger partial charge in [-0.3, -0.25) is 9.80 Å². The van der Waals surface area contributed by atoms with Crippen molar-refractivity contribution in [1.29, 1.82) is 0 Å². The number of hydrogen-bond donors (Lipinski definition) is 1. The van der Waals surface area contributed by atoms with Gasteiger partial charge in [0.2, 0.25) is 0 Å². The second-order valence-corrected chi connectivity index (χ2v) is 6.68. The Hall–Kier alpha value is -0.160. The Balaban J connectivity index is 1.91. The molecule has 0 radical (unpaired) electrons. The Bertz CT molecular complexity index is 283. The van der Waals surface area contributed by atoms with Gasteiger partial charge in [-0.25, -0.2) is 0 Å². The van der Waals surface area contributed by atoms with E-state index in [0.717, 1.165) is 5.92 Å². The van der Waals surface area contributed by atoms with Gasteiger partial charge < -0.3 is 10.2 Å². The first-order chi connectivity index (χ1) is 9.02. The van der Waals surface area contributed by atoms with Crippen LogP contribution in [0.4, 0.5) is 0 Å². The van der Waals surface area contributed by atoms with Crippen molar-refractivity contribution in [2.24, 2.45) is 5.92 Å². The molecular formula is C15H32N4. The van der Waals surface area contributed by atoms with Crippen LogP contribution in [0.15, 0.2) is 0 Å². The summed E-state index contributed by atoms with van der Waals surface area (Å²) in [4.78, 5) is 7.72. The van der Waals surface area contributed by atoms with E-state index in [4.69, 9.17) is 0 Å². The van der Waals surface area contributed by atoms with E-state index < -0.39 is 0 Å². The molecule has 2 saturated heterocycles. The molecule has 112 valence electrons. The van der Waals surface area contributed by atoms with Crippen LogP contribution in [0.2, 0.25) is 0 Å². The summed E-state index contributed by atoms with van der Waals surface area (Å²) in [5.74, 6) is 0.741. The molecule has 0 saturated carbocycles. The quantitative estimate of drug-likeness (QED) is 0.807. The van der Waals surface area contributed by atoms with E-state index >= 15 is 0 Å². The summed E-state index contributed by atoms with van der Waals surface area (Å²) in [5, 5.41) is 3.48. The van der Waals surface area contributed by atoms with Crippen LogP contribution in [0.5, 0.6) is 0 Å². The summed E-state index contributed by atoms with van der Waals surface area (Å²) in [6.07, 6.45) is 1.29. The SMILES string of the molecule is CNC1CCN(CC2CN(C)CCN2C)C(C)C1C. The molecule has 4 nitrogen and oxygen atoms in total. The summed E-state index contributed by atoms with van der Waals surface area (Å²) in [6.45, 7) is 10.9. The highest BCUT2D eigenvalue weighted by Gasteiger charge is 2.34. The average molecular weight is 268 g/mol. The van der Waals surface area contributed by atoms with Gasteiger partial charge in [-0.05, 0) is 47.0 Å². The fourth-order valence-corrected chi connectivity index (χ4v) is 3.67. The molecule has 0 aromatic heterocycles. The van der Waals surface area contributed by atoms with Gasteiger partial charge in [-0.1, -0.05) is 6.92 Å². The fraction of sp³-hybridized carbons (Fsp3) is 1.00. The number of likely N-dealkylation sites (tertiary alicyclic amines) is 1. The summed E-state index contributed by atoms with van der Waals surface area (Å²) in [6, 6.07) is 2.07. The molecule has 0 amide bonds. The van der Waals surface area contributed by atoms with Crippen molar-refractivity contribution >= 4 is 0 Å². The second-order valence-electron chi connectivity index (χ2n) is 6.68. The maximum atomic E-state index is 3.48. The Morgan fingerprint density at radius 3 is 2.53 bits per heavy atom. The molecule has 19 heavy (non-hydrogen) atoms. The molecule has 2 fully saturated rings. The molecule has 2 rings (SSSR count). The Labute approximate surface area is 119 Å². The zero-order chi connectivity index (χ0) is 14.0. The Kier molecular flexibility index (Phi) is 5.23. The van der Waals surface area contributed by atoms with E-state index in [1.54, 1.807) is 0 Å². The lowest BCUT2D eigenvalue weighted by molar-refractivity contribution is 0.0330. The van der Waals surface area contributed by atoms with E-state index in [1.165, 1.54) is 39.1 Å². The van der Waals surface area contributed by atoms with Crippen LogP contribution >= 0.6 is 0 Å². The monoisotopic (exact) mass is 268 g/mol. The van der Waals surface area contributed by atoms with Crippen LogP contribution in [0.25, 0.3) is 0 Å². The minimum atomic E-state index is 0.687. The summed E-state index contributed by atoms with van der Waals surface area (Å²) < 4.78 is 0. The molecular weight excluding hydrogens is 236 g/mol. The molecule has 2 heterocycles. The number of nitrogens with zero attached hydrogens (tertiary/aromatic N) is 3. The molecule has 0 spiro atoms. The number of hydrogen-bond acceptors (Lipinski definition) is 4. The standard InChI is InChI=1S/C15H32N4/c1-12-13(2)19(7-6-15(12)16-3)11-14-10-17(4)8-9-18(14)5/h12-16H,6-11H2,1-5H3. The van der Waals surface area contributed by atoms with Gasteiger partial charge in [0.25, 0.3) is 0 Å². The first-order valence-electron chi connectivity index (χ1n) is 7.83. The van der Waals surface area contributed by atoms with E-state index in [-0.39, 0.29) is 0 Å². The van der Waals surface area contributed by atoms with Crippen molar-refractivity contribution in [3.8, 4) is 0 Å². The summed E-state index contributed by atoms with van der Waals surface area (Å²) in [5.41, 5.74) is 0. The predicted molar refractivity (Wildman–Crippen MR) is 81.6 cm³/mol. The van der Waals surface area contributed by atoms with E-state index in [1.807, 2.05) is 0 Å². The van der Waals surface area contributed by atoms with Gasteiger partial charge in [-0.2, -0.15) is 0 Å². The predicted octanol–water partition coefficient (Wildman–Crippen LogP) is 0.551.